The molecule has 0 amide bonds. The molecule has 2 aliphatic heterocycles. The van der Waals surface area contributed by atoms with Gasteiger partial charge in [-0.2, -0.15) is 0 Å². The summed E-state index contributed by atoms with van der Waals surface area (Å²) in [5.74, 6) is 1.18. The molecule has 0 aromatic carbocycles. The molecule has 2 aliphatic rings. The lowest BCUT2D eigenvalue weighted by Crippen LogP contribution is -2.31. The van der Waals surface area contributed by atoms with Gasteiger partial charge in [-0.05, 0) is 5.92 Å². The van der Waals surface area contributed by atoms with E-state index in [1.807, 2.05) is 0 Å². The molecule has 13 heavy (non-hydrogen) atoms. The average Bonchev–Trinajstić information content (AvgIpc) is 2.61. The monoisotopic (exact) mass is 186 g/mol. The van der Waals surface area contributed by atoms with Crippen molar-refractivity contribution < 1.29 is 14.2 Å². The fourth-order valence-corrected chi connectivity index (χ4v) is 2.27. The molecular formula is C10H18O3. The maximum Gasteiger partial charge on any atom is 0.112 e. The van der Waals surface area contributed by atoms with Crippen molar-refractivity contribution in [2.24, 2.45) is 11.8 Å². The number of fused-ring (bicyclic) bond motifs is 1. The average molecular weight is 186 g/mol. The molecule has 3 nitrogen and oxygen atoms in total. The molecule has 0 aromatic heterocycles. The van der Waals surface area contributed by atoms with E-state index in [1.165, 1.54) is 0 Å². The summed E-state index contributed by atoms with van der Waals surface area (Å²) in [6.07, 6.45) is 0.594. The van der Waals surface area contributed by atoms with Crippen molar-refractivity contribution in [3.8, 4) is 0 Å². The molecule has 0 spiro atoms. The molecule has 0 aromatic rings. The highest BCUT2D eigenvalue weighted by molar-refractivity contribution is 4.95. The Hall–Kier alpha value is -0.120. The summed E-state index contributed by atoms with van der Waals surface area (Å²) in [5.41, 5.74) is 0. The van der Waals surface area contributed by atoms with Crippen LogP contribution < -0.4 is 0 Å². The van der Waals surface area contributed by atoms with E-state index in [9.17, 15) is 0 Å². The normalized spacial score (nSPS) is 44.3. The van der Waals surface area contributed by atoms with E-state index in [0.717, 1.165) is 6.61 Å². The first-order chi connectivity index (χ1) is 6.24. The number of rotatable bonds is 2. The maximum absolute atomic E-state index is 5.70. The van der Waals surface area contributed by atoms with Gasteiger partial charge in [0.2, 0.25) is 0 Å². The minimum atomic E-state index is 0.147. The van der Waals surface area contributed by atoms with Crippen molar-refractivity contribution >= 4 is 0 Å². The number of hydrogen-bond donors (Lipinski definition) is 0. The molecule has 4 atom stereocenters. The van der Waals surface area contributed by atoms with Gasteiger partial charge in [0.05, 0.1) is 19.3 Å². The Morgan fingerprint density at radius 1 is 1.15 bits per heavy atom. The van der Waals surface area contributed by atoms with Crippen molar-refractivity contribution in [2.75, 3.05) is 20.3 Å². The fourth-order valence-electron chi connectivity index (χ4n) is 2.27. The molecule has 0 N–H and O–H groups in total. The molecule has 0 unspecified atom stereocenters. The molecule has 2 heterocycles. The van der Waals surface area contributed by atoms with E-state index in [0.29, 0.717) is 18.4 Å². The highest BCUT2D eigenvalue weighted by atomic mass is 16.6. The van der Waals surface area contributed by atoms with Gasteiger partial charge in [-0.15, -0.1) is 0 Å². The highest BCUT2D eigenvalue weighted by Gasteiger charge is 2.48. The van der Waals surface area contributed by atoms with Crippen molar-refractivity contribution in [3.63, 3.8) is 0 Å². The van der Waals surface area contributed by atoms with E-state index in [2.05, 4.69) is 13.8 Å². The second-order valence-corrected chi connectivity index (χ2v) is 4.28. The van der Waals surface area contributed by atoms with Crippen LogP contribution in [0.25, 0.3) is 0 Å². The quantitative estimate of drug-likeness (QED) is 0.645. The molecule has 2 saturated heterocycles. The summed E-state index contributed by atoms with van der Waals surface area (Å²) < 4.78 is 16.7. The van der Waals surface area contributed by atoms with Gasteiger partial charge in [-0.3, -0.25) is 0 Å². The van der Waals surface area contributed by atoms with E-state index < -0.39 is 0 Å². The maximum atomic E-state index is 5.70. The number of methoxy groups -OCH3 is 1. The first kappa shape index (κ1) is 9.44. The molecule has 0 aliphatic carbocycles. The Morgan fingerprint density at radius 3 is 2.46 bits per heavy atom. The van der Waals surface area contributed by atoms with Crippen molar-refractivity contribution in [1.29, 1.82) is 0 Å². The third-order valence-corrected chi connectivity index (χ3v) is 3.21. The largest absolute Gasteiger partial charge is 0.376 e. The Labute approximate surface area is 79.4 Å². The summed E-state index contributed by atoms with van der Waals surface area (Å²) in [6, 6.07) is 0. The van der Waals surface area contributed by atoms with E-state index in [4.69, 9.17) is 14.2 Å². The van der Waals surface area contributed by atoms with Crippen LogP contribution in [0.1, 0.15) is 13.8 Å². The molecule has 76 valence electrons. The van der Waals surface area contributed by atoms with Gasteiger partial charge in [0.15, 0.2) is 0 Å². The third kappa shape index (κ3) is 1.49. The van der Waals surface area contributed by atoms with Gasteiger partial charge >= 0.3 is 0 Å². The fraction of sp³-hybridized carbons (Fsp3) is 1.00. The predicted molar refractivity (Wildman–Crippen MR) is 48.6 cm³/mol. The van der Waals surface area contributed by atoms with Crippen LogP contribution in [0.4, 0.5) is 0 Å². The van der Waals surface area contributed by atoms with Crippen molar-refractivity contribution in [1.82, 2.24) is 0 Å². The zero-order valence-electron chi connectivity index (χ0n) is 8.53. The SMILES string of the molecule is CO[C@@H]1CO[C@H]2[C@@H]1OC[C@H]2C(C)C. The van der Waals surface area contributed by atoms with E-state index in [1.54, 1.807) is 7.11 Å². The summed E-state index contributed by atoms with van der Waals surface area (Å²) in [6.45, 7) is 5.96. The Balaban J connectivity index is 2.03. The van der Waals surface area contributed by atoms with Crippen LogP contribution in [-0.4, -0.2) is 38.6 Å². The van der Waals surface area contributed by atoms with Crippen LogP contribution >= 0.6 is 0 Å². The van der Waals surface area contributed by atoms with Crippen LogP contribution in [0.15, 0.2) is 0 Å². The van der Waals surface area contributed by atoms with Gasteiger partial charge in [0, 0.05) is 13.0 Å². The second-order valence-electron chi connectivity index (χ2n) is 4.28. The molecule has 3 heteroatoms. The van der Waals surface area contributed by atoms with Gasteiger partial charge in [0.1, 0.15) is 12.2 Å². The first-order valence-corrected chi connectivity index (χ1v) is 5.00. The molecule has 2 rings (SSSR count). The Kier molecular flexibility index (Phi) is 2.58. The highest BCUT2D eigenvalue weighted by Crippen LogP contribution is 2.35. The lowest BCUT2D eigenvalue weighted by atomic mass is 9.90. The number of ether oxygens (including phenoxy) is 3. The Morgan fingerprint density at radius 2 is 1.85 bits per heavy atom. The summed E-state index contributed by atoms with van der Waals surface area (Å²) >= 11 is 0. The van der Waals surface area contributed by atoms with Gasteiger partial charge in [-0.1, -0.05) is 13.8 Å². The lowest BCUT2D eigenvalue weighted by Gasteiger charge is -2.18. The summed E-state index contributed by atoms with van der Waals surface area (Å²) in [4.78, 5) is 0. The van der Waals surface area contributed by atoms with E-state index in [-0.39, 0.29) is 18.3 Å². The molecule has 2 fully saturated rings. The minimum Gasteiger partial charge on any atom is -0.376 e. The van der Waals surface area contributed by atoms with Crippen molar-refractivity contribution in [3.05, 3.63) is 0 Å². The van der Waals surface area contributed by atoms with Gasteiger partial charge < -0.3 is 14.2 Å². The minimum absolute atomic E-state index is 0.147. The lowest BCUT2D eigenvalue weighted by molar-refractivity contribution is -0.0104. The van der Waals surface area contributed by atoms with Gasteiger partial charge in [0.25, 0.3) is 0 Å². The summed E-state index contributed by atoms with van der Waals surface area (Å²) in [7, 11) is 1.72. The molecule has 0 bridgehead atoms. The molecular weight excluding hydrogens is 168 g/mol. The smallest absolute Gasteiger partial charge is 0.112 e. The van der Waals surface area contributed by atoms with Crippen LogP contribution in [0, 0.1) is 11.8 Å². The predicted octanol–water partition coefficient (Wildman–Crippen LogP) is 1.07. The second kappa shape index (κ2) is 3.56. The topological polar surface area (TPSA) is 27.7 Å². The van der Waals surface area contributed by atoms with Crippen LogP contribution in [0.3, 0.4) is 0 Å². The number of hydrogen-bond acceptors (Lipinski definition) is 3. The van der Waals surface area contributed by atoms with Crippen LogP contribution in [-0.2, 0) is 14.2 Å². The van der Waals surface area contributed by atoms with Crippen LogP contribution in [0.5, 0.6) is 0 Å². The van der Waals surface area contributed by atoms with Crippen molar-refractivity contribution in [2.45, 2.75) is 32.2 Å². The molecule has 0 saturated carbocycles. The third-order valence-electron chi connectivity index (χ3n) is 3.21. The Bertz CT molecular complexity index is 181. The summed E-state index contributed by atoms with van der Waals surface area (Å²) in [5, 5.41) is 0. The zero-order chi connectivity index (χ0) is 9.42. The first-order valence-electron chi connectivity index (χ1n) is 5.00. The van der Waals surface area contributed by atoms with E-state index >= 15 is 0 Å². The molecule has 0 radical (unpaired) electrons. The zero-order valence-corrected chi connectivity index (χ0v) is 8.53. The standard InChI is InChI=1S/C10H18O3/c1-6(2)7-4-12-10-8(11-3)5-13-9(7)10/h6-10H,4-5H2,1-3H3/t7-,8+,9+,10+/m0/s1. The van der Waals surface area contributed by atoms with Crippen LogP contribution in [0.2, 0.25) is 0 Å². The van der Waals surface area contributed by atoms with Gasteiger partial charge in [-0.25, -0.2) is 0 Å².